The number of aromatic nitrogens is 1. The third kappa shape index (κ3) is 7.58. The zero-order valence-electron chi connectivity index (χ0n) is 30.6. The first kappa shape index (κ1) is 40.2. The number of methoxy groups -OCH3 is 1. The molecule has 5 aromatic rings. The van der Waals surface area contributed by atoms with E-state index in [4.69, 9.17) is 41.7 Å². The number of carboxylic acid groups (broad SMARTS) is 3. The molecule has 0 spiro atoms. The Balaban J connectivity index is 0.000000365. The fourth-order valence-electron chi connectivity index (χ4n) is 7.19. The Morgan fingerprint density at radius 2 is 1.39 bits per heavy atom. The summed E-state index contributed by atoms with van der Waals surface area (Å²) in [6.07, 6.45) is -0.505. The summed E-state index contributed by atoms with van der Waals surface area (Å²) in [4.78, 5) is 90.8. The predicted octanol–water partition coefficient (Wildman–Crippen LogP) is 5.85. The summed E-state index contributed by atoms with van der Waals surface area (Å²) < 4.78 is 5.45. The van der Waals surface area contributed by atoms with Gasteiger partial charge >= 0.3 is 17.9 Å². The first-order valence-corrected chi connectivity index (χ1v) is 18.2. The fraction of sp³-hybridized carbons (Fsp3) is 0.268. The van der Waals surface area contributed by atoms with Gasteiger partial charge in [-0.15, -0.1) is 0 Å². The van der Waals surface area contributed by atoms with Crippen molar-refractivity contribution >= 4 is 91.2 Å². The summed E-state index contributed by atoms with van der Waals surface area (Å²) >= 11 is 6.26. The van der Waals surface area contributed by atoms with Gasteiger partial charge in [-0.2, -0.15) is 0 Å². The number of unbranched alkanes of at least 4 members (excludes halogenated alkanes) is 1. The molecule has 294 valence electrons. The molecule has 7 rings (SSSR count). The number of hydrogen-bond donors (Lipinski definition) is 5. The normalized spacial score (nSPS) is 13.9. The van der Waals surface area contributed by atoms with Crippen LogP contribution in [0.2, 0.25) is 5.02 Å². The number of aliphatic carboxylic acids is 3. The maximum atomic E-state index is 13.8. The molecule has 0 saturated heterocycles. The minimum absolute atomic E-state index is 0.244. The molecular formula is C41H36ClN3O12. The topological polar surface area (TPSA) is 238 Å². The number of ether oxygens (including phenoxy) is 1. The number of carbonyl (C=O) groups excluding carboxylic acids is 4. The van der Waals surface area contributed by atoms with Crippen LogP contribution in [0, 0.1) is 5.92 Å². The van der Waals surface area contributed by atoms with Gasteiger partial charge in [-0.1, -0.05) is 24.9 Å². The third-order valence-electron chi connectivity index (χ3n) is 9.97. The molecule has 0 unspecified atom stereocenters. The van der Waals surface area contributed by atoms with Gasteiger partial charge in [0.05, 0.1) is 42.6 Å². The molecule has 0 fully saturated rings. The van der Waals surface area contributed by atoms with Gasteiger partial charge in [0.15, 0.2) is 17.2 Å². The molecule has 15 nitrogen and oxygen atoms in total. The van der Waals surface area contributed by atoms with Gasteiger partial charge in [-0.3, -0.25) is 33.7 Å². The summed E-state index contributed by atoms with van der Waals surface area (Å²) in [7, 11) is 1.60. The highest BCUT2D eigenvalue weighted by Gasteiger charge is 2.42. The second-order valence-corrected chi connectivity index (χ2v) is 14.1. The lowest BCUT2D eigenvalue weighted by molar-refractivity contribution is -0.170. The van der Waals surface area contributed by atoms with E-state index in [1.165, 1.54) is 4.90 Å². The fourth-order valence-corrected chi connectivity index (χ4v) is 7.36. The quantitative estimate of drug-likeness (QED) is 0.0534. The number of amides is 2. The molecule has 5 N–H and O–H groups in total. The maximum absolute atomic E-state index is 13.8. The van der Waals surface area contributed by atoms with E-state index in [2.05, 4.69) is 5.32 Å². The largest absolute Gasteiger partial charge is 0.497 e. The second-order valence-electron chi connectivity index (χ2n) is 13.7. The number of halogens is 1. The molecule has 0 saturated carbocycles. The molecule has 1 aliphatic carbocycles. The van der Waals surface area contributed by atoms with Crippen LogP contribution in [0.15, 0.2) is 60.7 Å². The van der Waals surface area contributed by atoms with E-state index in [0.717, 1.165) is 28.4 Å². The molecule has 0 atom stereocenters. The van der Waals surface area contributed by atoms with Crippen LogP contribution in [0.25, 0.3) is 32.6 Å². The highest BCUT2D eigenvalue weighted by Crippen LogP contribution is 2.40. The summed E-state index contributed by atoms with van der Waals surface area (Å²) in [5.74, 6) is -6.64. The van der Waals surface area contributed by atoms with E-state index in [0.29, 0.717) is 68.8 Å². The number of aliphatic hydroxyl groups is 1. The van der Waals surface area contributed by atoms with Crippen LogP contribution in [0.4, 0.5) is 5.69 Å². The Morgan fingerprint density at radius 1 is 0.807 bits per heavy atom. The lowest BCUT2D eigenvalue weighted by atomic mass is 9.76. The number of ketones is 2. The maximum Gasteiger partial charge on any atom is 0.336 e. The minimum Gasteiger partial charge on any atom is -0.497 e. The molecule has 57 heavy (non-hydrogen) atoms. The third-order valence-corrected chi connectivity index (χ3v) is 10.2. The zero-order valence-corrected chi connectivity index (χ0v) is 31.4. The number of anilines is 1. The van der Waals surface area contributed by atoms with Crippen LogP contribution >= 0.6 is 11.6 Å². The van der Waals surface area contributed by atoms with Crippen molar-refractivity contribution in [2.45, 2.75) is 44.6 Å². The summed E-state index contributed by atoms with van der Waals surface area (Å²) in [6.45, 7) is 2.65. The zero-order chi connectivity index (χ0) is 41.3. The van der Waals surface area contributed by atoms with Gasteiger partial charge in [-0.25, -0.2) is 9.78 Å². The highest BCUT2D eigenvalue weighted by molar-refractivity contribution is 6.35. The monoisotopic (exact) mass is 797 g/mol. The molecule has 0 radical (unpaired) electrons. The van der Waals surface area contributed by atoms with Gasteiger partial charge in [0.2, 0.25) is 0 Å². The van der Waals surface area contributed by atoms with Gasteiger partial charge in [0.1, 0.15) is 5.75 Å². The van der Waals surface area contributed by atoms with E-state index in [1.807, 2.05) is 31.2 Å². The van der Waals surface area contributed by atoms with Crippen molar-refractivity contribution in [3.05, 3.63) is 87.9 Å². The van der Waals surface area contributed by atoms with Gasteiger partial charge in [0, 0.05) is 61.9 Å². The molecule has 4 aromatic carbocycles. The molecule has 16 heteroatoms. The molecular weight excluding hydrogens is 762 g/mol. The average Bonchev–Trinajstić information content (AvgIpc) is 3.16. The smallest absolute Gasteiger partial charge is 0.336 e. The Bertz CT molecular complexity index is 2470. The Labute approximate surface area is 328 Å². The van der Waals surface area contributed by atoms with Gasteiger partial charge in [0.25, 0.3) is 11.8 Å². The van der Waals surface area contributed by atoms with E-state index >= 15 is 0 Å². The van der Waals surface area contributed by atoms with E-state index in [9.17, 15) is 33.6 Å². The SMILES string of the molecule is CCCCN1C(=O)c2ccc3c4c(ccc(c24)C1=O)C(=O)C(CCNc1c2ccc(Cl)cc2nc2ccc(OC)cc12)C3=O.O=C(O)CC(O)(CC(=O)O)C(=O)O. The van der Waals surface area contributed by atoms with E-state index < -0.39 is 42.3 Å². The van der Waals surface area contributed by atoms with Crippen LogP contribution in [-0.4, -0.2) is 97.4 Å². The van der Waals surface area contributed by atoms with Crippen LogP contribution < -0.4 is 10.1 Å². The van der Waals surface area contributed by atoms with E-state index in [1.54, 1.807) is 43.5 Å². The number of nitrogens with zero attached hydrogens (tertiary/aromatic N) is 2. The lowest BCUT2D eigenvalue weighted by Crippen LogP contribution is -2.42. The Hall–Kier alpha value is -6.45. The van der Waals surface area contributed by atoms with Crippen molar-refractivity contribution < 1.29 is 58.7 Å². The summed E-state index contributed by atoms with van der Waals surface area (Å²) in [6, 6.07) is 17.6. The standard InChI is InChI=1S/C35H28ClN3O5.C6H8O7/c1-3-4-15-39-34(42)23-10-8-21-29-22(9-11-24(30(23)29)35(39)43)33(41)25(32(21)40)13-14-37-31-20-7-5-18(36)16-28(20)38-27-12-6-19(44-2)17-26(27)31;7-3(8)1-6(13,5(11)12)2-4(9)10/h5-12,16-17,25H,3-4,13-15H2,1-2H3,(H,37,38);13H,1-2H2,(H,7,8)(H,9,10)(H,11,12). The number of Topliss-reactive ketones (excluding diaryl/α,β-unsaturated/α-hetero) is 2. The number of fused-ring (bicyclic) bond motifs is 2. The number of imide groups is 1. The Kier molecular flexibility index (Phi) is 11.3. The molecule has 0 bridgehead atoms. The second kappa shape index (κ2) is 16.0. The van der Waals surface area contributed by atoms with Crippen molar-refractivity contribution in [2.24, 2.45) is 5.92 Å². The number of rotatable bonds is 13. The first-order chi connectivity index (χ1) is 27.1. The number of carboxylic acids is 3. The van der Waals surface area contributed by atoms with Crippen molar-refractivity contribution in [1.29, 1.82) is 0 Å². The van der Waals surface area contributed by atoms with Crippen LogP contribution in [0.1, 0.15) is 80.5 Å². The van der Waals surface area contributed by atoms with Gasteiger partial charge < -0.3 is 30.5 Å². The van der Waals surface area contributed by atoms with Crippen LogP contribution in [0.5, 0.6) is 5.75 Å². The van der Waals surface area contributed by atoms with Crippen LogP contribution in [-0.2, 0) is 14.4 Å². The minimum atomic E-state index is -2.74. The van der Waals surface area contributed by atoms with Crippen molar-refractivity contribution in [1.82, 2.24) is 9.88 Å². The van der Waals surface area contributed by atoms with Crippen molar-refractivity contribution in [3.8, 4) is 5.75 Å². The highest BCUT2D eigenvalue weighted by atomic mass is 35.5. The number of benzene rings is 4. The molecule has 2 heterocycles. The molecule has 1 aliphatic heterocycles. The van der Waals surface area contributed by atoms with E-state index in [-0.39, 0.29) is 29.8 Å². The molecule has 2 aliphatic rings. The molecule has 1 aromatic heterocycles. The summed E-state index contributed by atoms with van der Waals surface area (Å²) in [5, 5.41) is 40.4. The van der Waals surface area contributed by atoms with Gasteiger partial charge in [-0.05, 0) is 73.5 Å². The predicted molar refractivity (Wildman–Crippen MR) is 207 cm³/mol. The number of carbonyl (C=O) groups is 7. The van der Waals surface area contributed by atoms with Crippen LogP contribution in [0.3, 0.4) is 0 Å². The van der Waals surface area contributed by atoms with Crippen molar-refractivity contribution in [3.63, 3.8) is 0 Å². The number of hydrogen-bond acceptors (Lipinski definition) is 11. The number of nitrogens with one attached hydrogen (secondary N) is 1. The number of pyridine rings is 1. The Morgan fingerprint density at radius 3 is 1.93 bits per heavy atom. The summed E-state index contributed by atoms with van der Waals surface area (Å²) in [5.41, 5.74) is 0.969. The first-order valence-electron chi connectivity index (χ1n) is 17.8. The van der Waals surface area contributed by atoms with Crippen molar-refractivity contribution in [2.75, 3.05) is 25.5 Å². The molecule has 2 amide bonds. The lowest BCUT2D eigenvalue weighted by Gasteiger charge is -2.30. The average molecular weight is 798 g/mol.